The number of rotatable bonds is 5. The van der Waals surface area contributed by atoms with E-state index in [2.05, 4.69) is 6.92 Å². The Balaban J connectivity index is 2.21. The maximum Gasteiger partial charge on any atom is 0.232 e. The monoisotopic (exact) mass is 245 g/mol. The first-order chi connectivity index (χ1) is 7.65. The van der Waals surface area contributed by atoms with Crippen LogP contribution in [0.4, 0.5) is 0 Å². The Kier molecular flexibility index (Phi) is 6.21. The summed E-state index contributed by atoms with van der Waals surface area (Å²) in [5, 5.41) is 9.71. The van der Waals surface area contributed by atoms with Gasteiger partial charge in [0, 0.05) is 13.1 Å². The molecule has 1 rings (SSSR count). The number of hydrogen-bond donors (Lipinski definition) is 1. The highest BCUT2D eigenvalue weighted by molar-refractivity contribution is 7.99. The molecule has 16 heavy (non-hydrogen) atoms. The lowest BCUT2D eigenvalue weighted by molar-refractivity contribution is -0.132. The number of hydrogen-bond acceptors (Lipinski definition) is 3. The van der Waals surface area contributed by atoms with Crippen molar-refractivity contribution in [2.75, 3.05) is 24.6 Å². The summed E-state index contributed by atoms with van der Waals surface area (Å²) in [5.74, 6) is 2.15. The average molecular weight is 245 g/mol. The molecule has 0 aliphatic carbocycles. The van der Waals surface area contributed by atoms with Gasteiger partial charge in [0.25, 0.3) is 0 Å². The van der Waals surface area contributed by atoms with Crippen LogP contribution in [-0.4, -0.2) is 46.6 Å². The molecule has 1 heterocycles. The first-order valence-electron chi connectivity index (χ1n) is 6.18. The number of aliphatic hydroxyl groups excluding tert-OH is 1. The molecule has 0 aromatic carbocycles. The summed E-state index contributed by atoms with van der Waals surface area (Å²) in [6.45, 7) is 5.53. The fourth-order valence-corrected chi connectivity index (χ4v) is 2.77. The summed E-state index contributed by atoms with van der Waals surface area (Å²) in [5.41, 5.74) is 0. The molecule has 4 heteroatoms. The zero-order chi connectivity index (χ0) is 12.0. The van der Waals surface area contributed by atoms with E-state index in [-0.39, 0.29) is 12.0 Å². The summed E-state index contributed by atoms with van der Waals surface area (Å²) >= 11 is 1.71. The summed E-state index contributed by atoms with van der Waals surface area (Å²) in [6.07, 6.45) is 2.95. The van der Waals surface area contributed by atoms with Gasteiger partial charge in [-0.15, -0.1) is 0 Å². The molecule has 1 amide bonds. The average Bonchev–Trinajstić information content (AvgIpc) is 2.28. The van der Waals surface area contributed by atoms with Gasteiger partial charge >= 0.3 is 0 Å². The summed E-state index contributed by atoms with van der Waals surface area (Å²) in [4.78, 5) is 13.6. The SMILES string of the molecule is CCCCSCC(=O)N1CCC(C)C(O)C1. The first-order valence-corrected chi connectivity index (χ1v) is 7.34. The van der Waals surface area contributed by atoms with Crippen LogP contribution < -0.4 is 0 Å². The molecule has 94 valence electrons. The Bertz CT molecular complexity index is 223. The third-order valence-corrected chi connectivity index (χ3v) is 4.17. The molecule has 1 aliphatic heterocycles. The molecule has 1 saturated heterocycles. The highest BCUT2D eigenvalue weighted by atomic mass is 32.2. The van der Waals surface area contributed by atoms with Gasteiger partial charge in [-0.25, -0.2) is 0 Å². The Morgan fingerprint density at radius 1 is 1.56 bits per heavy atom. The Hall–Kier alpha value is -0.220. The molecule has 0 aromatic rings. The quantitative estimate of drug-likeness (QED) is 0.750. The van der Waals surface area contributed by atoms with E-state index in [0.717, 1.165) is 18.7 Å². The van der Waals surface area contributed by atoms with E-state index < -0.39 is 0 Å². The standard InChI is InChI=1S/C12H23NO2S/c1-3-4-7-16-9-12(15)13-6-5-10(2)11(14)8-13/h10-11,14H,3-9H2,1-2H3. The van der Waals surface area contributed by atoms with Crippen LogP contribution in [-0.2, 0) is 4.79 Å². The molecule has 0 radical (unpaired) electrons. The van der Waals surface area contributed by atoms with E-state index in [0.29, 0.717) is 18.2 Å². The lowest BCUT2D eigenvalue weighted by Crippen LogP contribution is -2.46. The van der Waals surface area contributed by atoms with Gasteiger partial charge in [-0.2, -0.15) is 11.8 Å². The fourth-order valence-electron chi connectivity index (χ4n) is 1.77. The van der Waals surface area contributed by atoms with Crippen molar-refractivity contribution in [1.82, 2.24) is 4.90 Å². The maximum absolute atomic E-state index is 11.8. The van der Waals surface area contributed by atoms with E-state index in [4.69, 9.17) is 0 Å². The number of thioether (sulfide) groups is 1. The minimum absolute atomic E-state index is 0.187. The third kappa shape index (κ3) is 4.34. The predicted octanol–water partition coefficient (Wildman–Crippen LogP) is 1.75. The lowest BCUT2D eigenvalue weighted by Gasteiger charge is -2.34. The second-order valence-electron chi connectivity index (χ2n) is 4.58. The maximum atomic E-state index is 11.8. The Morgan fingerprint density at radius 2 is 2.31 bits per heavy atom. The van der Waals surface area contributed by atoms with E-state index in [9.17, 15) is 9.90 Å². The number of piperidine rings is 1. The van der Waals surface area contributed by atoms with Gasteiger partial charge in [0.1, 0.15) is 0 Å². The number of β-amino-alcohol motifs (C(OH)–C–C–N with tert-alkyl or cyclic N) is 1. The minimum Gasteiger partial charge on any atom is -0.391 e. The number of aliphatic hydroxyl groups is 1. The van der Waals surface area contributed by atoms with E-state index in [1.165, 1.54) is 12.8 Å². The number of likely N-dealkylation sites (tertiary alicyclic amines) is 1. The molecule has 2 unspecified atom stereocenters. The predicted molar refractivity (Wildman–Crippen MR) is 68.6 cm³/mol. The van der Waals surface area contributed by atoms with Gasteiger partial charge < -0.3 is 10.0 Å². The van der Waals surface area contributed by atoms with Crippen LogP contribution >= 0.6 is 11.8 Å². The number of carbonyl (C=O) groups is 1. The normalized spacial score (nSPS) is 25.8. The van der Waals surface area contributed by atoms with Crippen molar-refractivity contribution in [3.8, 4) is 0 Å². The molecule has 1 N–H and O–H groups in total. The van der Waals surface area contributed by atoms with E-state index in [1.54, 1.807) is 11.8 Å². The van der Waals surface area contributed by atoms with Crippen LogP contribution in [0.25, 0.3) is 0 Å². The van der Waals surface area contributed by atoms with Gasteiger partial charge in [-0.1, -0.05) is 20.3 Å². The van der Waals surface area contributed by atoms with Gasteiger partial charge in [-0.05, 0) is 24.5 Å². The van der Waals surface area contributed by atoms with E-state index in [1.807, 2.05) is 11.8 Å². The number of unbranched alkanes of at least 4 members (excludes halogenated alkanes) is 1. The highest BCUT2D eigenvalue weighted by Crippen LogP contribution is 2.18. The molecule has 1 fully saturated rings. The van der Waals surface area contributed by atoms with Crippen molar-refractivity contribution >= 4 is 17.7 Å². The lowest BCUT2D eigenvalue weighted by atomic mass is 9.96. The van der Waals surface area contributed by atoms with Crippen molar-refractivity contribution in [2.24, 2.45) is 5.92 Å². The second-order valence-corrected chi connectivity index (χ2v) is 5.68. The largest absolute Gasteiger partial charge is 0.391 e. The molecule has 1 aliphatic rings. The van der Waals surface area contributed by atoms with Crippen molar-refractivity contribution in [3.05, 3.63) is 0 Å². The molecule has 0 aromatic heterocycles. The molecule has 0 saturated carbocycles. The van der Waals surface area contributed by atoms with Crippen molar-refractivity contribution in [3.63, 3.8) is 0 Å². The molecule has 0 spiro atoms. The molecular weight excluding hydrogens is 222 g/mol. The number of amides is 1. The van der Waals surface area contributed by atoms with Crippen LogP contribution in [0, 0.1) is 5.92 Å². The van der Waals surface area contributed by atoms with Crippen LogP contribution in [0.3, 0.4) is 0 Å². The third-order valence-electron chi connectivity index (χ3n) is 3.14. The van der Waals surface area contributed by atoms with Gasteiger partial charge in [0.15, 0.2) is 0 Å². The van der Waals surface area contributed by atoms with Gasteiger partial charge in [-0.3, -0.25) is 4.79 Å². The molecule has 3 nitrogen and oxygen atoms in total. The molecule has 2 atom stereocenters. The van der Waals surface area contributed by atoms with Crippen molar-refractivity contribution in [1.29, 1.82) is 0 Å². The van der Waals surface area contributed by atoms with Crippen LogP contribution in [0.15, 0.2) is 0 Å². The van der Waals surface area contributed by atoms with Crippen LogP contribution in [0.5, 0.6) is 0 Å². The van der Waals surface area contributed by atoms with Crippen molar-refractivity contribution in [2.45, 2.75) is 39.2 Å². The van der Waals surface area contributed by atoms with Crippen LogP contribution in [0.2, 0.25) is 0 Å². The topological polar surface area (TPSA) is 40.5 Å². The Morgan fingerprint density at radius 3 is 2.94 bits per heavy atom. The summed E-state index contributed by atoms with van der Waals surface area (Å²) in [7, 11) is 0. The molecule has 0 bridgehead atoms. The van der Waals surface area contributed by atoms with Gasteiger partial charge in [0.2, 0.25) is 5.91 Å². The second kappa shape index (κ2) is 7.17. The fraction of sp³-hybridized carbons (Fsp3) is 0.917. The van der Waals surface area contributed by atoms with E-state index >= 15 is 0 Å². The zero-order valence-electron chi connectivity index (χ0n) is 10.3. The Labute approximate surface area is 103 Å². The number of carbonyl (C=O) groups excluding carboxylic acids is 1. The highest BCUT2D eigenvalue weighted by Gasteiger charge is 2.26. The number of nitrogens with zero attached hydrogens (tertiary/aromatic N) is 1. The van der Waals surface area contributed by atoms with Crippen LogP contribution in [0.1, 0.15) is 33.1 Å². The van der Waals surface area contributed by atoms with Crippen molar-refractivity contribution < 1.29 is 9.90 Å². The smallest absolute Gasteiger partial charge is 0.232 e. The summed E-state index contributed by atoms with van der Waals surface area (Å²) < 4.78 is 0. The molecular formula is C12H23NO2S. The van der Waals surface area contributed by atoms with Gasteiger partial charge in [0.05, 0.1) is 11.9 Å². The summed E-state index contributed by atoms with van der Waals surface area (Å²) in [6, 6.07) is 0. The first kappa shape index (κ1) is 13.8. The zero-order valence-corrected chi connectivity index (χ0v) is 11.1. The minimum atomic E-state index is -0.335.